The van der Waals surface area contributed by atoms with Crippen LogP contribution in [0, 0.1) is 19.3 Å². The molecule has 3 aliphatic rings. The summed E-state index contributed by atoms with van der Waals surface area (Å²) < 4.78 is 41.2. The summed E-state index contributed by atoms with van der Waals surface area (Å²) in [5.41, 5.74) is 1.71. The first-order valence-electron chi connectivity index (χ1n) is 16.2. The highest BCUT2D eigenvalue weighted by molar-refractivity contribution is 6.00. The second-order valence-corrected chi connectivity index (χ2v) is 12.4. The number of amides is 1. The summed E-state index contributed by atoms with van der Waals surface area (Å²) in [5, 5.41) is 2.12. The average Bonchev–Trinajstić information content (AvgIpc) is 3.73. The van der Waals surface area contributed by atoms with Crippen LogP contribution in [0.2, 0.25) is 0 Å². The number of aryl methyl sites for hydroxylation is 1. The molecule has 3 atom stereocenters. The molecular formula is C35H36F2N8O3. The van der Waals surface area contributed by atoms with Gasteiger partial charge in [0.25, 0.3) is 0 Å². The van der Waals surface area contributed by atoms with Crippen LogP contribution in [0.15, 0.2) is 48.9 Å². The molecule has 48 heavy (non-hydrogen) atoms. The van der Waals surface area contributed by atoms with E-state index in [1.165, 1.54) is 6.08 Å². The molecule has 0 radical (unpaired) electrons. The van der Waals surface area contributed by atoms with Crippen LogP contribution in [0.1, 0.15) is 18.4 Å². The summed E-state index contributed by atoms with van der Waals surface area (Å²) in [6.07, 6.45) is 9.41. The maximum Gasteiger partial charge on any atom is 0.319 e. The lowest BCUT2D eigenvalue weighted by atomic mass is 10.00. The molecule has 3 fully saturated rings. The van der Waals surface area contributed by atoms with Gasteiger partial charge in [0.2, 0.25) is 12.5 Å². The van der Waals surface area contributed by atoms with Crippen molar-refractivity contribution in [2.24, 2.45) is 0 Å². The lowest BCUT2D eigenvalue weighted by Crippen LogP contribution is -2.56. The second-order valence-electron chi connectivity index (χ2n) is 12.4. The third-order valence-corrected chi connectivity index (χ3v) is 9.44. The van der Waals surface area contributed by atoms with Gasteiger partial charge >= 0.3 is 6.01 Å². The van der Waals surface area contributed by atoms with Crippen molar-refractivity contribution in [2.45, 2.75) is 38.0 Å². The van der Waals surface area contributed by atoms with Gasteiger partial charge in [0.05, 0.1) is 24.7 Å². The van der Waals surface area contributed by atoms with E-state index in [9.17, 15) is 9.18 Å². The number of fused-ring (bicyclic) bond motifs is 4. The molecule has 1 aromatic carbocycles. The summed E-state index contributed by atoms with van der Waals surface area (Å²) in [5.74, 6) is -0.559. The minimum Gasteiger partial charge on any atom is -0.463 e. The summed E-state index contributed by atoms with van der Waals surface area (Å²) in [6.45, 7) is 12.5. The Kier molecular flexibility index (Phi) is 9.10. The molecule has 7 rings (SSSR count). The van der Waals surface area contributed by atoms with E-state index in [4.69, 9.17) is 21.0 Å². The van der Waals surface area contributed by atoms with Gasteiger partial charge in [-0.3, -0.25) is 19.7 Å². The minimum absolute atomic E-state index is 0.0400. The number of aromatic nitrogens is 4. The monoisotopic (exact) mass is 654 g/mol. The van der Waals surface area contributed by atoms with Crippen molar-refractivity contribution in [3.63, 3.8) is 0 Å². The molecule has 0 saturated carbocycles. The fourth-order valence-electron chi connectivity index (χ4n) is 7.14. The lowest BCUT2D eigenvalue weighted by Gasteiger charge is -2.39. The van der Waals surface area contributed by atoms with Crippen molar-refractivity contribution in [2.75, 3.05) is 64.1 Å². The molecule has 11 nitrogen and oxygen atoms in total. The molecule has 1 amide bonds. The Balaban J connectivity index is 1.23. The lowest BCUT2D eigenvalue weighted by molar-refractivity contribution is -0.128. The normalized spacial score (nSPS) is 21.1. The third kappa shape index (κ3) is 6.13. The number of carbonyl (C=O) groups is 1. The number of halogens is 2. The molecule has 13 heteroatoms. The molecule has 3 aliphatic heterocycles. The highest BCUT2D eigenvalue weighted by Crippen LogP contribution is 2.36. The van der Waals surface area contributed by atoms with Crippen molar-refractivity contribution in [1.82, 2.24) is 29.7 Å². The molecule has 0 N–H and O–H groups in total. The molecule has 3 aromatic heterocycles. The zero-order valence-corrected chi connectivity index (χ0v) is 26.7. The molecule has 248 valence electrons. The van der Waals surface area contributed by atoms with E-state index >= 15 is 4.39 Å². The van der Waals surface area contributed by atoms with Gasteiger partial charge in [-0.1, -0.05) is 18.2 Å². The number of alkyl halides is 1. The van der Waals surface area contributed by atoms with E-state index in [0.717, 1.165) is 54.9 Å². The molecule has 0 spiro atoms. The van der Waals surface area contributed by atoms with Gasteiger partial charge in [0, 0.05) is 74.4 Å². The Morgan fingerprint density at radius 3 is 2.90 bits per heavy atom. The number of allylic oxidation sites excluding steroid dienone is 1. The van der Waals surface area contributed by atoms with Gasteiger partial charge in [0.15, 0.2) is 5.82 Å². The average molecular weight is 655 g/mol. The molecule has 6 heterocycles. The second kappa shape index (κ2) is 13.7. The van der Waals surface area contributed by atoms with E-state index < -0.39 is 18.5 Å². The summed E-state index contributed by atoms with van der Waals surface area (Å²) in [4.78, 5) is 40.5. The number of morpholine rings is 1. The van der Waals surface area contributed by atoms with E-state index in [1.54, 1.807) is 23.5 Å². The molecule has 2 bridgehead atoms. The van der Waals surface area contributed by atoms with E-state index in [2.05, 4.69) is 24.7 Å². The predicted octanol–water partition coefficient (Wildman–Crippen LogP) is 4.39. The number of piperazine rings is 1. The van der Waals surface area contributed by atoms with Crippen LogP contribution in [-0.4, -0.2) is 113 Å². The topological polar surface area (TPSA) is 101 Å². The van der Waals surface area contributed by atoms with E-state index in [1.807, 2.05) is 30.0 Å². The SMILES string of the molecule is [C-]#[N+]C[C@H]1CN(c2nc(OCCCN3C[C@@H]4C[C@H]3CO4)nc3c(F)c(-c4cncc5cccc(C)c45)ncc23)CCN1C(=O)/C=C/CF. The van der Waals surface area contributed by atoms with Gasteiger partial charge in [-0.05, 0) is 36.8 Å². The Hall–Kier alpha value is -4.80. The van der Waals surface area contributed by atoms with Crippen molar-refractivity contribution < 1.29 is 23.0 Å². The summed E-state index contributed by atoms with van der Waals surface area (Å²) in [7, 11) is 0. The van der Waals surface area contributed by atoms with Crippen LogP contribution in [0.3, 0.4) is 0 Å². The molecule has 3 saturated heterocycles. The first-order valence-corrected chi connectivity index (χ1v) is 16.2. The molecular weight excluding hydrogens is 618 g/mol. The number of anilines is 1. The number of carbonyl (C=O) groups excluding carboxylic acids is 1. The van der Waals surface area contributed by atoms with Gasteiger partial charge in [0.1, 0.15) is 29.7 Å². The van der Waals surface area contributed by atoms with Crippen LogP contribution in [-0.2, 0) is 9.53 Å². The first kappa shape index (κ1) is 31.8. The fourth-order valence-corrected chi connectivity index (χ4v) is 7.14. The van der Waals surface area contributed by atoms with Crippen LogP contribution >= 0.6 is 0 Å². The number of nitrogens with zero attached hydrogens (tertiary/aromatic N) is 8. The van der Waals surface area contributed by atoms with Crippen molar-refractivity contribution >= 4 is 33.4 Å². The molecule has 4 aromatic rings. The maximum absolute atomic E-state index is 16.7. The minimum atomic E-state index is -0.753. The Bertz CT molecular complexity index is 1910. The number of hydrogen-bond donors (Lipinski definition) is 0. The smallest absolute Gasteiger partial charge is 0.319 e. The summed E-state index contributed by atoms with van der Waals surface area (Å²) in [6, 6.07) is 5.84. The van der Waals surface area contributed by atoms with E-state index in [0.29, 0.717) is 42.1 Å². The fraction of sp³-hybridized carbons (Fsp3) is 0.429. The first-order chi connectivity index (χ1) is 23.4. The van der Waals surface area contributed by atoms with Gasteiger partial charge in [-0.25, -0.2) is 15.4 Å². The third-order valence-electron chi connectivity index (χ3n) is 9.44. The molecule has 0 aliphatic carbocycles. The zero-order chi connectivity index (χ0) is 33.2. The zero-order valence-electron chi connectivity index (χ0n) is 26.7. The van der Waals surface area contributed by atoms with Gasteiger partial charge in [-0.15, -0.1) is 0 Å². The number of benzene rings is 1. The quantitative estimate of drug-likeness (QED) is 0.140. The van der Waals surface area contributed by atoms with E-state index in [-0.39, 0.29) is 42.8 Å². The Morgan fingerprint density at radius 2 is 2.10 bits per heavy atom. The number of pyridine rings is 2. The highest BCUT2D eigenvalue weighted by Gasteiger charge is 2.38. The summed E-state index contributed by atoms with van der Waals surface area (Å²) >= 11 is 0. The Labute approximate surface area is 277 Å². The van der Waals surface area contributed by atoms with Gasteiger partial charge in [-0.2, -0.15) is 9.97 Å². The van der Waals surface area contributed by atoms with Crippen molar-refractivity contribution in [3.05, 3.63) is 71.7 Å². The highest BCUT2D eigenvalue weighted by atomic mass is 19.1. The van der Waals surface area contributed by atoms with Crippen LogP contribution < -0.4 is 9.64 Å². The van der Waals surface area contributed by atoms with Crippen LogP contribution in [0.5, 0.6) is 6.01 Å². The Morgan fingerprint density at radius 1 is 1.21 bits per heavy atom. The number of rotatable bonds is 10. The maximum atomic E-state index is 16.7. The standard InChI is InChI=1S/C35H36F2N8O3/c1-22-6-3-7-23-15-39-17-27(30(22)23)32-31(37)33-28(18-40-32)34(44-11-12-45(25(19-44)16-38-2)29(46)8-4-9-36)42-35(41-33)47-13-5-10-43-20-26-14-24(43)21-48-26/h3-4,6-8,15,17-18,24-26H,5,9-14,16,19-21H2,1H3/b8-4+/t24-,25-,26-/m0/s1. The van der Waals surface area contributed by atoms with Crippen LogP contribution in [0.25, 0.3) is 37.8 Å². The number of likely N-dealkylation sites (tertiary alicyclic amines) is 1. The number of hydrogen-bond acceptors (Lipinski definition) is 9. The number of ether oxygens (including phenoxy) is 2. The van der Waals surface area contributed by atoms with Crippen molar-refractivity contribution in [1.29, 1.82) is 0 Å². The predicted molar refractivity (Wildman–Crippen MR) is 177 cm³/mol. The van der Waals surface area contributed by atoms with Crippen molar-refractivity contribution in [3.8, 4) is 17.3 Å². The van der Waals surface area contributed by atoms with Gasteiger partial charge < -0.3 is 24.1 Å². The van der Waals surface area contributed by atoms with Crippen LogP contribution in [0.4, 0.5) is 14.6 Å². The largest absolute Gasteiger partial charge is 0.463 e. The molecule has 0 unspecified atom stereocenters.